The number of amides is 1. The molecule has 0 fully saturated rings. The number of nitrogens with one attached hydrogen (secondary N) is 2. The molecule has 164 valence electrons. The lowest BCUT2D eigenvalue weighted by Crippen LogP contribution is -2.45. The van der Waals surface area contributed by atoms with Gasteiger partial charge in [0.05, 0.1) is 31.2 Å². The van der Waals surface area contributed by atoms with Crippen molar-refractivity contribution < 1.29 is 22.7 Å². The van der Waals surface area contributed by atoms with Gasteiger partial charge in [-0.1, -0.05) is 12.1 Å². The van der Waals surface area contributed by atoms with Gasteiger partial charge in [-0.05, 0) is 69.0 Å². The summed E-state index contributed by atoms with van der Waals surface area (Å²) in [6.45, 7) is 9.44. The van der Waals surface area contributed by atoms with Crippen molar-refractivity contribution in [3.8, 4) is 11.5 Å². The van der Waals surface area contributed by atoms with Crippen molar-refractivity contribution in [2.45, 2.75) is 51.6 Å². The molecule has 2 aromatic rings. The topological polar surface area (TPSA) is 93.7 Å². The summed E-state index contributed by atoms with van der Waals surface area (Å²) in [6.07, 6.45) is 0. The van der Waals surface area contributed by atoms with Crippen LogP contribution in [0.4, 0.5) is 0 Å². The smallest absolute Gasteiger partial charge is 0.241 e. The van der Waals surface area contributed by atoms with E-state index in [1.807, 2.05) is 33.8 Å². The lowest BCUT2D eigenvalue weighted by Gasteiger charge is -2.21. The average Bonchev–Trinajstić information content (AvgIpc) is 2.69. The molecule has 0 saturated heterocycles. The molecule has 30 heavy (non-hydrogen) atoms. The summed E-state index contributed by atoms with van der Waals surface area (Å²) in [7, 11) is -1.04. The molecule has 2 aromatic carbocycles. The van der Waals surface area contributed by atoms with Crippen molar-refractivity contribution in [3.05, 3.63) is 52.6 Å². The summed E-state index contributed by atoms with van der Waals surface area (Å²) in [6, 6.07) is 7.16. The van der Waals surface area contributed by atoms with E-state index >= 15 is 0 Å². The Labute approximate surface area is 178 Å². The molecule has 8 heteroatoms. The normalized spacial score (nSPS) is 13.4. The number of carbonyl (C=O) groups is 1. The van der Waals surface area contributed by atoms with Crippen molar-refractivity contribution in [1.82, 2.24) is 10.0 Å². The van der Waals surface area contributed by atoms with Crippen LogP contribution in [0.25, 0.3) is 0 Å². The van der Waals surface area contributed by atoms with Crippen molar-refractivity contribution in [2.24, 2.45) is 0 Å². The van der Waals surface area contributed by atoms with Gasteiger partial charge in [-0.2, -0.15) is 4.72 Å². The summed E-state index contributed by atoms with van der Waals surface area (Å²) in [5.41, 5.74) is 4.40. The lowest BCUT2D eigenvalue weighted by molar-refractivity contribution is -0.123. The van der Waals surface area contributed by atoms with Gasteiger partial charge in [-0.15, -0.1) is 0 Å². The van der Waals surface area contributed by atoms with Crippen molar-refractivity contribution in [2.75, 3.05) is 14.2 Å². The SMILES string of the molecule is COc1ccc(S(=O)(=O)N[C@@H](C)C(=O)N[C@@H](C)c2cc(C)c(C)cc2C)cc1OC. The Kier molecular flexibility index (Phi) is 7.49. The summed E-state index contributed by atoms with van der Waals surface area (Å²) < 4.78 is 38.1. The molecule has 7 nitrogen and oxygen atoms in total. The standard InChI is InChI=1S/C22H30N2O5S/c1-13-10-15(3)19(11-14(13)2)16(4)23-22(25)17(5)24-30(26,27)18-8-9-20(28-6)21(12-18)29-7/h8-12,16-17,24H,1-7H3,(H,23,25)/t16-,17-/m0/s1. The number of sulfonamides is 1. The maximum atomic E-state index is 12.7. The highest BCUT2D eigenvalue weighted by atomic mass is 32.2. The van der Waals surface area contributed by atoms with Gasteiger partial charge in [0, 0.05) is 6.07 Å². The number of hydrogen-bond donors (Lipinski definition) is 2. The Hall–Kier alpha value is -2.58. The first-order chi connectivity index (χ1) is 14.0. The second kappa shape index (κ2) is 9.49. The van der Waals surface area contributed by atoms with Gasteiger partial charge < -0.3 is 14.8 Å². The number of methoxy groups -OCH3 is 2. The van der Waals surface area contributed by atoms with Crippen molar-refractivity contribution in [3.63, 3.8) is 0 Å². The first-order valence-electron chi connectivity index (χ1n) is 9.62. The molecule has 0 aliphatic carbocycles. The highest BCUT2D eigenvalue weighted by molar-refractivity contribution is 7.89. The molecular weight excluding hydrogens is 404 g/mol. The molecule has 0 aromatic heterocycles. The lowest BCUT2D eigenvalue weighted by atomic mass is 9.96. The first-order valence-corrected chi connectivity index (χ1v) is 11.1. The number of ether oxygens (including phenoxy) is 2. The molecule has 2 N–H and O–H groups in total. The number of aryl methyl sites for hydroxylation is 3. The Morgan fingerprint density at radius 1 is 0.900 bits per heavy atom. The number of benzene rings is 2. The molecular formula is C22H30N2O5S. The summed E-state index contributed by atoms with van der Waals surface area (Å²) in [4.78, 5) is 12.6. The fraction of sp³-hybridized carbons (Fsp3) is 0.409. The van der Waals surface area contributed by atoms with E-state index in [4.69, 9.17) is 9.47 Å². The van der Waals surface area contributed by atoms with Crippen LogP contribution in [-0.4, -0.2) is 34.6 Å². The Bertz CT molecular complexity index is 1030. The van der Waals surface area contributed by atoms with E-state index in [1.165, 1.54) is 44.9 Å². The van der Waals surface area contributed by atoms with Gasteiger partial charge in [0.2, 0.25) is 15.9 Å². The highest BCUT2D eigenvalue weighted by Crippen LogP contribution is 2.29. The number of carbonyl (C=O) groups excluding carboxylic acids is 1. The van der Waals surface area contributed by atoms with Crippen LogP contribution >= 0.6 is 0 Å². The second-order valence-electron chi connectivity index (χ2n) is 7.38. The monoisotopic (exact) mass is 434 g/mol. The van der Waals surface area contributed by atoms with E-state index in [2.05, 4.69) is 16.1 Å². The van der Waals surface area contributed by atoms with Crippen LogP contribution in [0.5, 0.6) is 11.5 Å². The van der Waals surface area contributed by atoms with Crippen LogP contribution in [-0.2, 0) is 14.8 Å². The highest BCUT2D eigenvalue weighted by Gasteiger charge is 2.24. The minimum atomic E-state index is -3.93. The van der Waals surface area contributed by atoms with E-state index in [1.54, 1.807) is 0 Å². The molecule has 1 amide bonds. The van der Waals surface area contributed by atoms with Crippen molar-refractivity contribution in [1.29, 1.82) is 0 Å². The second-order valence-corrected chi connectivity index (χ2v) is 9.10. The molecule has 0 bridgehead atoms. The van der Waals surface area contributed by atoms with Crippen LogP contribution in [0.1, 0.15) is 42.1 Å². The van der Waals surface area contributed by atoms with Gasteiger partial charge in [-0.3, -0.25) is 4.79 Å². The summed E-state index contributed by atoms with van der Waals surface area (Å²) in [5.74, 6) is 0.292. The molecule has 0 unspecified atom stereocenters. The average molecular weight is 435 g/mol. The van der Waals surface area contributed by atoms with Crippen LogP contribution in [0.2, 0.25) is 0 Å². The zero-order valence-electron chi connectivity index (χ0n) is 18.5. The molecule has 2 atom stereocenters. The summed E-state index contributed by atoms with van der Waals surface area (Å²) in [5, 5.41) is 2.89. The third kappa shape index (κ3) is 5.31. The first kappa shape index (κ1) is 23.7. The Balaban J connectivity index is 2.14. The minimum Gasteiger partial charge on any atom is -0.493 e. The largest absolute Gasteiger partial charge is 0.493 e. The minimum absolute atomic E-state index is 0.0159. The molecule has 0 heterocycles. The van der Waals surface area contributed by atoms with Gasteiger partial charge in [0.15, 0.2) is 11.5 Å². The molecule has 0 spiro atoms. The van der Waals surface area contributed by atoms with E-state index < -0.39 is 22.0 Å². The fourth-order valence-corrected chi connectivity index (χ4v) is 4.42. The fourth-order valence-electron chi connectivity index (χ4n) is 3.20. The Morgan fingerprint density at radius 3 is 2.10 bits per heavy atom. The van der Waals surface area contributed by atoms with Crippen molar-refractivity contribution >= 4 is 15.9 Å². The van der Waals surface area contributed by atoms with Crippen LogP contribution in [0, 0.1) is 20.8 Å². The zero-order chi connectivity index (χ0) is 22.6. The molecule has 0 radical (unpaired) electrons. The quantitative estimate of drug-likeness (QED) is 0.666. The van der Waals surface area contributed by atoms with Gasteiger partial charge in [0.25, 0.3) is 0 Å². The maximum Gasteiger partial charge on any atom is 0.241 e. The number of rotatable bonds is 8. The molecule has 0 aliphatic heterocycles. The van der Waals surface area contributed by atoms with Crippen LogP contribution < -0.4 is 19.5 Å². The van der Waals surface area contributed by atoms with Gasteiger partial charge in [-0.25, -0.2) is 8.42 Å². The van der Waals surface area contributed by atoms with Gasteiger partial charge in [0.1, 0.15) is 0 Å². The molecule has 0 saturated carbocycles. The number of hydrogen-bond acceptors (Lipinski definition) is 5. The Morgan fingerprint density at radius 2 is 1.50 bits per heavy atom. The molecule has 0 aliphatic rings. The zero-order valence-corrected chi connectivity index (χ0v) is 19.3. The van der Waals surface area contributed by atoms with E-state index in [-0.39, 0.29) is 16.7 Å². The maximum absolute atomic E-state index is 12.7. The molecule has 2 rings (SSSR count). The van der Waals surface area contributed by atoms with Gasteiger partial charge >= 0.3 is 0 Å². The van der Waals surface area contributed by atoms with E-state index in [0.29, 0.717) is 5.75 Å². The third-order valence-electron chi connectivity index (χ3n) is 5.10. The van der Waals surface area contributed by atoms with Crippen LogP contribution in [0.15, 0.2) is 35.2 Å². The van der Waals surface area contributed by atoms with E-state index in [0.717, 1.165) is 16.7 Å². The predicted octanol–water partition coefficient (Wildman–Crippen LogP) is 3.17. The van der Waals surface area contributed by atoms with Crippen LogP contribution in [0.3, 0.4) is 0 Å². The third-order valence-corrected chi connectivity index (χ3v) is 6.64. The predicted molar refractivity (Wildman–Crippen MR) is 117 cm³/mol. The van der Waals surface area contributed by atoms with E-state index in [9.17, 15) is 13.2 Å². The summed E-state index contributed by atoms with van der Waals surface area (Å²) >= 11 is 0.